The van der Waals surface area contributed by atoms with Crippen molar-refractivity contribution in [2.45, 2.75) is 18.2 Å². The minimum Gasteiger partial charge on any atom is -0.200 e. The van der Waals surface area contributed by atoms with Gasteiger partial charge in [0.1, 0.15) is 0 Å². The average molecular weight is 323 g/mol. The Morgan fingerprint density at radius 3 is 2.48 bits per heavy atom. The third kappa shape index (κ3) is 4.06. The molecule has 4 nitrogen and oxygen atoms in total. The largest absolute Gasteiger partial charge is 0.276 e. The number of nitrogens with one attached hydrogen (secondary N) is 1. The van der Waals surface area contributed by atoms with Crippen LogP contribution in [0.3, 0.4) is 0 Å². The predicted octanol–water partition coefficient (Wildman–Crippen LogP) is 3.43. The summed E-state index contributed by atoms with van der Waals surface area (Å²) in [6.07, 6.45) is 0.581. The van der Waals surface area contributed by atoms with E-state index in [2.05, 4.69) is 9.93 Å². The van der Waals surface area contributed by atoms with Crippen molar-refractivity contribution in [1.82, 2.24) is 4.83 Å². The van der Waals surface area contributed by atoms with Gasteiger partial charge in [-0.15, -0.1) is 0 Å². The number of sulfonamides is 1. The highest BCUT2D eigenvalue weighted by molar-refractivity contribution is 7.89. The molecule has 0 unspecified atom stereocenters. The van der Waals surface area contributed by atoms with Crippen LogP contribution in [0.1, 0.15) is 18.9 Å². The maximum atomic E-state index is 12.1. The van der Waals surface area contributed by atoms with Crippen molar-refractivity contribution in [2.24, 2.45) is 5.10 Å². The van der Waals surface area contributed by atoms with Gasteiger partial charge in [0, 0.05) is 5.02 Å². The summed E-state index contributed by atoms with van der Waals surface area (Å²) < 4.78 is 24.2. The first-order valence-electron chi connectivity index (χ1n) is 6.42. The number of halogens is 1. The minimum absolute atomic E-state index is 0.176. The summed E-state index contributed by atoms with van der Waals surface area (Å²) >= 11 is 5.94. The van der Waals surface area contributed by atoms with Crippen LogP contribution in [0.5, 0.6) is 0 Å². The van der Waals surface area contributed by atoms with Gasteiger partial charge in [-0.3, -0.25) is 0 Å². The van der Waals surface area contributed by atoms with Crippen LogP contribution < -0.4 is 4.83 Å². The van der Waals surface area contributed by atoms with E-state index in [1.165, 1.54) is 12.1 Å². The molecule has 2 aromatic rings. The van der Waals surface area contributed by atoms with E-state index < -0.39 is 10.0 Å². The van der Waals surface area contributed by atoms with Gasteiger partial charge in [0.25, 0.3) is 10.0 Å². The van der Waals surface area contributed by atoms with Crippen LogP contribution in [0.4, 0.5) is 0 Å². The van der Waals surface area contributed by atoms with E-state index in [1.54, 1.807) is 36.4 Å². The van der Waals surface area contributed by atoms with Crippen LogP contribution in [0.25, 0.3) is 0 Å². The number of hydrazone groups is 1. The lowest BCUT2D eigenvalue weighted by Crippen LogP contribution is -2.20. The van der Waals surface area contributed by atoms with Crippen LogP contribution in [0.2, 0.25) is 5.02 Å². The molecule has 0 amide bonds. The van der Waals surface area contributed by atoms with Crippen LogP contribution >= 0.6 is 11.6 Å². The quantitative estimate of drug-likeness (QED) is 0.677. The molecule has 0 saturated carbocycles. The molecule has 0 bridgehead atoms. The second-order valence-electron chi connectivity index (χ2n) is 4.33. The Morgan fingerprint density at radius 2 is 1.86 bits per heavy atom. The SMILES string of the molecule is CC/C(=N/NS(=O)(=O)c1ccccc1)c1cccc(Cl)c1. The van der Waals surface area contributed by atoms with Gasteiger partial charge in [0.2, 0.25) is 0 Å². The zero-order chi connectivity index (χ0) is 15.3. The van der Waals surface area contributed by atoms with E-state index in [0.717, 1.165) is 5.56 Å². The average Bonchev–Trinajstić information content (AvgIpc) is 2.49. The maximum Gasteiger partial charge on any atom is 0.276 e. The van der Waals surface area contributed by atoms with Crippen molar-refractivity contribution in [3.8, 4) is 0 Å². The summed E-state index contributed by atoms with van der Waals surface area (Å²) in [5, 5.41) is 4.60. The van der Waals surface area contributed by atoms with Gasteiger partial charge >= 0.3 is 0 Å². The molecule has 6 heteroatoms. The smallest absolute Gasteiger partial charge is 0.200 e. The van der Waals surface area contributed by atoms with Crippen molar-refractivity contribution in [2.75, 3.05) is 0 Å². The number of benzene rings is 2. The Bertz CT molecular complexity index is 743. The van der Waals surface area contributed by atoms with Gasteiger partial charge in [-0.25, -0.2) is 0 Å². The highest BCUT2D eigenvalue weighted by Gasteiger charge is 2.12. The summed E-state index contributed by atoms with van der Waals surface area (Å²) in [5.74, 6) is 0. The van der Waals surface area contributed by atoms with Crippen LogP contribution in [0.15, 0.2) is 64.6 Å². The fraction of sp³-hybridized carbons (Fsp3) is 0.133. The lowest BCUT2D eigenvalue weighted by atomic mass is 10.1. The number of rotatable bonds is 5. The lowest BCUT2D eigenvalue weighted by molar-refractivity contribution is 0.584. The zero-order valence-electron chi connectivity index (χ0n) is 11.5. The standard InChI is InChI=1S/C15H15ClN2O2S/c1-2-15(12-7-6-8-13(16)11-12)17-18-21(19,20)14-9-4-3-5-10-14/h3-11,18H,2H2,1H3/b17-15-. The molecular formula is C15H15ClN2O2S. The second-order valence-corrected chi connectivity index (χ2v) is 6.43. The molecule has 2 rings (SSSR count). The first-order valence-corrected chi connectivity index (χ1v) is 8.28. The molecule has 0 fully saturated rings. The third-order valence-electron chi connectivity index (χ3n) is 2.85. The summed E-state index contributed by atoms with van der Waals surface area (Å²) in [6, 6.07) is 15.3. The van der Waals surface area contributed by atoms with E-state index in [1.807, 2.05) is 13.0 Å². The Labute approximate surface area is 129 Å². The molecule has 0 aromatic heterocycles. The summed E-state index contributed by atoms with van der Waals surface area (Å²) in [7, 11) is -3.65. The predicted molar refractivity (Wildman–Crippen MR) is 85.0 cm³/mol. The molecule has 1 N–H and O–H groups in total. The molecule has 0 radical (unpaired) electrons. The highest BCUT2D eigenvalue weighted by atomic mass is 35.5. The van der Waals surface area contributed by atoms with Crippen LogP contribution in [-0.2, 0) is 10.0 Å². The van der Waals surface area contributed by atoms with Crippen molar-refractivity contribution in [3.63, 3.8) is 0 Å². The zero-order valence-corrected chi connectivity index (χ0v) is 13.0. The van der Waals surface area contributed by atoms with E-state index in [0.29, 0.717) is 17.2 Å². The lowest BCUT2D eigenvalue weighted by Gasteiger charge is -2.07. The van der Waals surface area contributed by atoms with Gasteiger partial charge < -0.3 is 0 Å². The van der Waals surface area contributed by atoms with Crippen LogP contribution in [-0.4, -0.2) is 14.1 Å². The van der Waals surface area contributed by atoms with Gasteiger partial charge in [-0.05, 0) is 36.2 Å². The van der Waals surface area contributed by atoms with Crippen molar-refractivity contribution in [1.29, 1.82) is 0 Å². The molecule has 0 aliphatic carbocycles. The maximum absolute atomic E-state index is 12.1. The molecule has 21 heavy (non-hydrogen) atoms. The summed E-state index contributed by atoms with van der Waals surface area (Å²) in [4.78, 5) is 2.44. The molecule has 0 atom stereocenters. The Balaban J connectivity index is 2.26. The fourth-order valence-corrected chi connectivity index (χ4v) is 2.82. The van der Waals surface area contributed by atoms with Crippen molar-refractivity contribution in [3.05, 3.63) is 65.2 Å². The van der Waals surface area contributed by atoms with Gasteiger partial charge in [0.05, 0.1) is 10.6 Å². The molecular weight excluding hydrogens is 308 g/mol. The van der Waals surface area contributed by atoms with E-state index in [9.17, 15) is 8.42 Å². The molecule has 110 valence electrons. The van der Waals surface area contributed by atoms with E-state index >= 15 is 0 Å². The van der Waals surface area contributed by atoms with Gasteiger partial charge in [-0.2, -0.15) is 18.4 Å². The summed E-state index contributed by atoms with van der Waals surface area (Å²) in [6.45, 7) is 1.90. The third-order valence-corrected chi connectivity index (χ3v) is 4.31. The Hall–Kier alpha value is -1.85. The molecule has 0 saturated heterocycles. The Morgan fingerprint density at radius 1 is 1.14 bits per heavy atom. The molecule has 0 heterocycles. The molecule has 0 aliphatic heterocycles. The fourth-order valence-electron chi connectivity index (χ4n) is 1.78. The van der Waals surface area contributed by atoms with E-state index in [-0.39, 0.29) is 4.90 Å². The highest BCUT2D eigenvalue weighted by Crippen LogP contribution is 2.13. The first-order chi connectivity index (χ1) is 10.0. The molecule has 0 spiro atoms. The van der Waals surface area contributed by atoms with Gasteiger partial charge in [0.15, 0.2) is 0 Å². The first kappa shape index (κ1) is 15.5. The van der Waals surface area contributed by atoms with Crippen molar-refractivity contribution >= 4 is 27.3 Å². The summed E-state index contributed by atoms with van der Waals surface area (Å²) in [5.41, 5.74) is 1.41. The number of hydrogen-bond donors (Lipinski definition) is 1. The number of nitrogens with zero attached hydrogens (tertiary/aromatic N) is 1. The monoisotopic (exact) mass is 322 g/mol. The molecule has 0 aliphatic rings. The molecule has 2 aromatic carbocycles. The number of hydrogen-bond acceptors (Lipinski definition) is 3. The normalized spacial score (nSPS) is 12.2. The second kappa shape index (κ2) is 6.74. The van der Waals surface area contributed by atoms with Crippen LogP contribution in [0, 0.1) is 0 Å². The topological polar surface area (TPSA) is 58.5 Å². The van der Waals surface area contributed by atoms with Gasteiger partial charge in [-0.1, -0.05) is 48.9 Å². The Kier molecular flexibility index (Phi) is 4.98. The van der Waals surface area contributed by atoms with E-state index in [4.69, 9.17) is 11.6 Å². The minimum atomic E-state index is -3.65. The van der Waals surface area contributed by atoms with Crippen molar-refractivity contribution < 1.29 is 8.42 Å².